The molecule has 112 valence electrons. The molecule has 0 aliphatic carbocycles. The summed E-state index contributed by atoms with van der Waals surface area (Å²) in [6, 6.07) is 9.80. The quantitative estimate of drug-likeness (QED) is 0.464. The highest BCUT2D eigenvalue weighted by Gasteiger charge is 2.10. The summed E-state index contributed by atoms with van der Waals surface area (Å²) in [7, 11) is 0. The van der Waals surface area contributed by atoms with Gasteiger partial charge in [0.2, 0.25) is 5.88 Å². The van der Waals surface area contributed by atoms with E-state index in [4.69, 9.17) is 4.74 Å². The van der Waals surface area contributed by atoms with Crippen molar-refractivity contribution in [1.82, 2.24) is 4.98 Å². The number of ketones is 1. The van der Waals surface area contributed by atoms with Gasteiger partial charge in [0.15, 0.2) is 5.78 Å². The standard InChI is InChI=1S/C18H17NO3/c1-3-5-13-6-11-17(19-12-13)22-18(21)15-9-7-14(8-10-15)16(20)4-2/h4,6-12H,2-3,5H2,1H3. The lowest BCUT2D eigenvalue weighted by Gasteiger charge is -2.05. The largest absolute Gasteiger partial charge is 0.404 e. The van der Waals surface area contributed by atoms with Crippen molar-refractivity contribution in [1.29, 1.82) is 0 Å². The van der Waals surface area contributed by atoms with E-state index in [1.165, 1.54) is 6.08 Å². The van der Waals surface area contributed by atoms with E-state index < -0.39 is 5.97 Å². The first kappa shape index (κ1) is 15.6. The van der Waals surface area contributed by atoms with Gasteiger partial charge in [0, 0.05) is 17.8 Å². The molecule has 22 heavy (non-hydrogen) atoms. The number of nitrogens with zero attached hydrogens (tertiary/aromatic N) is 1. The second kappa shape index (κ2) is 7.31. The van der Waals surface area contributed by atoms with E-state index in [2.05, 4.69) is 18.5 Å². The number of carbonyl (C=O) groups excluding carboxylic acids is 2. The first-order chi connectivity index (χ1) is 10.6. The van der Waals surface area contributed by atoms with Crippen LogP contribution in [0.25, 0.3) is 0 Å². The number of rotatable bonds is 6. The minimum atomic E-state index is -0.506. The van der Waals surface area contributed by atoms with Crippen molar-refractivity contribution >= 4 is 11.8 Å². The molecule has 0 N–H and O–H groups in total. The van der Waals surface area contributed by atoms with Gasteiger partial charge in [0.1, 0.15) is 0 Å². The molecule has 1 aromatic heterocycles. The number of ether oxygens (including phenoxy) is 1. The summed E-state index contributed by atoms with van der Waals surface area (Å²) in [5, 5.41) is 0. The third-order valence-electron chi connectivity index (χ3n) is 3.12. The zero-order chi connectivity index (χ0) is 15.9. The van der Waals surface area contributed by atoms with Crippen molar-refractivity contribution in [2.45, 2.75) is 19.8 Å². The molecular formula is C18H17NO3. The van der Waals surface area contributed by atoms with E-state index in [9.17, 15) is 9.59 Å². The average molecular weight is 295 g/mol. The maximum atomic E-state index is 12.0. The molecule has 0 saturated heterocycles. The normalized spacial score (nSPS) is 10.0. The Morgan fingerprint density at radius 2 is 1.82 bits per heavy atom. The number of aromatic nitrogens is 1. The van der Waals surface area contributed by atoms with Crippen LogP contribution in [0.5, 0.6) is 5.88 Å². The first-order valence-corrected chi connectivity index (χ1v) is 7.08. The highest BCUT2D eigenvalue weighted by atomic mass is 16.5. The van der Waals surface area contributed by atoms with Gasteiger partial charge in [-0.1, -0.05) is 38.1 Å². The molecule has 0 aliphatic heterocycles. The average Bonchev–Trinajstić information content (AvgIpc) is 2.56. The summed E-state index contributed by atoms with van der Waals surface area (Å²) < 4.78 is 5.21. The Morgan fingerprint density at radius 1 is 1.14 bits per heavy atom. The minimum Gasteiger partial charge on any atom is -0.404 e. The fraction of sp³-hybridized carbons (Fsp3) is 0.167. The van der Waals surface area contributed by atoms with Crippen LogP contribution in [-0.2, 0) is 6.42 Å². The smallest absolute Gasteiger partial charge is 0.344 e. The van der Waals surface area contributed by atoms with Gasteiger partial charge in [-0.2, -0.15) is 0 Å². The molecule has 2 aromatic rings. The Bertz CT molecular complexity index is 672. The predicted molar refractivity (Wildman–Crippen MR) is 84.2 cm³/mol. The summed E-state index contributed by atoms with van der Waals surface area (Å²) in [5.41, 5.74) is 1.95. The third-order valence-corrected chi connectivity index (χ3v) is 3.12. The zero-order valence-electron chi connectivity index (χ0n) is 12.4. The fourth-order valence-electron chi connectivity index (χ4n) is 1.95. The van der Waals surface area contributed by atoms with Crippen LogP contribution in [-0.4, -0.2) is 16.7 Å². The summed E-state index contributed by atoms with van der Waals surface area (Å²) in [4.78, 5) is 27.5. The van der Waals surface area contributed by atoms with E-state index in [1.807, 2.05) is 6.07 Å². The molecule has 1 heterocycles. The van der Waals surface area contributed by atoms with Crippen molar-refractivity contribution in [2.75, 3.05) is 0 Å². The predicted octanol–water partition coefficient (Wildman–Crippen LogP) is 3.62. The third kappa shape index (κ3) is 3.88. The van der Waals surface area contributed by atoms with Crippen LogP contribution in [0, 0.1) is 0 Å². The Hall–Kier alpha value is -2.75. The summed E-state index contributed by atoms with van der Waals surface area (Å²) in [6.45, 7) is 5.51. The van der Waals surface area contributed by atoms with Gasteiger partial charge >= 0.3 is 5.97 Å². The van der Waals surface area contributed by atoms with Crippen LogP contribution in [0.1, 0.15) is 39.6 Å². The summed E-state index contributed by atoms with van der Waals surface area (Å²) >= 11 is 0. The highest BCUT2D eigenvalue weighted by molar-refractivity contribution is 6.04. The van der Waals surface area contributed by atoms with Gasteiger partial charge < -0.3 is 4.74 Å². The van der Waals surface area contributed by atoms with Gasteiger partial charge in [-0.25, -0.2) is 9.78 Å². The first-order valence-electron chi connectivity index (χ1n) is 7.08. The van der Waals surface area contributed by atoms with Crippen LogP contribution in [0.4, 0.5) is 0 Å². The highest BCUT2D eigenvalue weighted by Crippen LogP contribution is 2.12. The lowest BCUT2D eigenvalue weighted by molar-refractivity contribution is 0.0727. The van der Waals surface area contributed by atoms with Gasteiger partial charge in [0.25, 0.3) is 0 Å². The van der Waals surface area contributed by atoms with E-state index in [0.717, 1.165) is 18.4 Å². The minimum absolute atomic E-state index is 0.187. The fourth-order valence-corrected chi connectivity index (χ4v) is 1.95. The van der Waals surface area contributed by atoms with Crippen molar-refractivity contribution in [3.8, 4) is 5.88 Å². The SMILES string of the molecule is C=CC(=O)c1ccc(C(=O)Oc2ccc(CCC)cn2)cc1. The van der Waals surface area contributed by atoms with Crippen LogP contribution < -0.4 is 4.74 Å². The van der Waals surface area contributed by atoms with Crippen LogP contribution >= 0.6 is 0 Å². The topological polar surface area (TPSA) is 56.3 Å². The lowest BCUT2D eigenvalue weighted by Crippen LogP contribution is -2.09. The molecule has 0 amide bonds. The van der Waals surface area contributed by atoms with Crippen molar-refractivity contribution in [3.05, 3.63) is 71.9 Å². The molecule has 2 rings (SSSR count). The number of allylic oxidation sites excluding steroid dienone is 1. The number of carbonyl (C=O) groups is 2. The number of pyridine rings is 1. The van der Waals surface area contributed by atoms with E-state index in [-0.39, 0.29) is 11.7 Å². The molecule has 0 fully saturated rings. The van der Waals surface area contributed by atoms with Gasteiger partial charge in [-0.05, 0) is 30.2 Å². The van der Waals surface area contributed by atoms with Gasteiger partial charge in [-0.15, -0.1) is 0 Å². The molecular weight excluding hydrogens is 278 g/mol. The van der Waals surface area contributed by atoms with Crippen LogP contribution in [0.15, 0.2) is 55.3 Å². The molecule has 0 atom stereocenters. The summed E-state index contributed by atoms with van der Waals surface area (Å²) in [6.07, 6.45) is 4.92. The Kier molecular flexibility index (Phi) is 5.20. The second-order valence-corrected chi connectivity index (χ2v) is 4.79. The van der Waals surface area contributed by atoms with E-state index in [1.54, 1.807) is 36.5 Å². The Morgan fingerprint density at radius 3 is 2.36 bits per heavy atom. The maximum Gasteiger partial charge on any atom is 0.344 e. The Labute approximate surface area is 129 Å². The molecule has 4 heteroatoms. The van der Waals surface area contributed by atoms with E-state index >= 15 is 0 Å². The van der Waals surface area contributed by atoms with Crippen molar-refractivity contribution < 1.29 is 14.3 Å². The number of esters is 1. The molecule has 0 unspecified atom stereocenters. The monoisotopic (exact) mass is 295 g/mol. The lowest BCUT2D eigenvalue weighted by atomic mass is 10.1. The van der Waals surface area contributed by atoms with Crippen LogP contribution in [0.3, 0.4) is 0 Å². The molecule has 0 spiro atoms. The van der Waals surface area contributed by atoms with Gasteiger partial charge in [-0.3, -0.25) is 4.79 Å². The van der Waals surface area contributed by atoms with E-state index in [0.29, 0.717) is 11.1 Å². The Balaban J connectivity index is 2.05. The molecule has 0 aliphatic rings. The van der Waals surface area contributed by atoms with Gasteiger partial charge in [0.05, 0.1) is 5.56 Å². The number of aryl methyl sites for hydroxylation is 1. The molecule has 0 bridgehead atoms. The molecule has 1 aromatic carbocycles. The number of hydrogen-bond donors (Lipinski definition) is 0. The molecule has 0 radical (unpaired) electrons. The molecule has 4 nitrogen and oxygen atoms in total. The maximum absolute atomic E-state index is 12.0. The van der Waals surface area contributed by atoms with Crippen molar-refractivity contribution in [3.63, 3.8) is 0 Å². The zero-order valence-corrected chi connectivity index (χ0v) is 12.4. The number of hydrogen-bond acceptors (Lipinski definition) is 4. The molecule has 0 saturated carbocycles. The van der Waals surface area contributed by atoms with Crippen molar-refractivity contribution in [2.24, 2.45) is 0 Å². The second-order valence-electron chi connectivity index (χ2n) is 4.79. The number of benzene rings is 1. The van der Waals surface area contributed by atoms with Crippen LogP contribution in [0.2, 0.25) is 0 Å². The summed E-state index contributed by atoms with van der Waals surface area (Å²) in [5.74, 6) is -0.433.